The highest BCUT2D eigenvalue weighted by atomic mass is 32.1. The van der Waals surface area contributed by atoms with Crippen LogP contribution in [0.15, 0.2) is 16.0 Å². The van der Waals surface area contributed by atoms with Crippen LogP contribution in [0.2, 0.25) is 0 Å². The molecule has 0 aromatic carbocycles. The van der Waals surface area contributed by atoms with Crippen LogP contribution >= 0.6 is 12.6 Å². The molecular weight excluding hydrogens is 142 g/mol. The second kappa shape index (κ2) is 1.67. The third kappa shape index (κ3) is 0.685. The van der Waals surface area contributed by atoms with Gasteiger partial charge in [-0.2, -0.15) is 0 Å². The summed E-state index contributed by atoms with van der Waals surface area (Å²) in [7, 11) is 0. The molecule has 1 aliphatic heterocycles. The Labute approximate surface area is 66.6 Å². The molecule has 2 atom stereocenters. The van der Waals surface area contributed by atoms with Crippen LogP contribution in [0, 0.1) is 11.3 Å². The Hall–Kier alpha value is -0.240. The Morgan fingerprint density at radius 3 is 2.80 bits per heavy atom. The van der Waals surface area contributed by atoms with Gasteiger partial charge in [-0.05, 0) is 5.41 Å². The first-order chi connectivity index (χ1) is 4.62. The van der Waals surface area contributed by atoms with Gasteiger partial charge in [-0.25, -0.2) is 0 Å². The summed E-state index contributed by atoms with van der Waals surface area (Å²) in [5, 5.41) is 0. The van der Waals surface area contributed by atoms with E-state index < -0.39 is 0 Å². The lowest BCUT2D eigenvalue weighted by molar-refractivity contribution is 0.594. The number of hydrogen-bond acceptors (Lipinski definition) is 2. The van der Waals surface area contributed by atoms with E-state index in [0.717, 1.165) is 4.91 Å². The maximum absolute atomic E-state index is 4.37. The van der Waals surface area contributed by atoms with E-state index >= 15 is 0 Å². The van der Waals surface area contributed by atoms with E-state index in [1.54, 1.807) is 0 Å². The minimum atomic E-state index is 0.404. The first-order valence-electron chi connectivity index (χ1n) is 3.56. The van der Waals surface area contributed by atoms with Gasteiger partial charge in [-0.15, -0.1) is 12.6 Å². The van der Waals surface area contributed by atoms with E-state index in [2.05, 4.69) is 37.5 Å². The molecule has 1 heterocycles. The Morgan fingerprint density at radius 1 is 1.60 bits per heavy atom. The molecule has 1 nitrogen and oxygen atoms in total. The summed E-state index contributed by atoms with van der Waals surface area (Å²) in [6.45, 7) is 4.51. The van der Waals surface area contributed by atoms with Crippen molar-refractivity contribution in [3.63, 3.8) is 0 Å². The molecule has 0 bridgehead atoms. The molecule has 1 fully saturated rings. The summed E-state index contributed by atoms with van der Waals surface area (Å²) in [6, 6.07) is 0.545. The minimum Gasteiger partial charge on any atom is -0.287 e. The van der Waals surface area contributed by atoms with Gasteiger partial charge in [-0.1, -0.05) is 19.9 Å². The van der Waals surface area contributed by atoms with Crippen molar-refractivity contribution in [1.82, 2.24) is 0 Å². The van der Waals surface area contributed by atoms with Crippen LogP contribution in [0.3, 0.4) is 0 Å². The van der Waals surface area contributed by atoms with Crippen LogP contribution in [0.1, 0.15) is 13.8 Å². The van der Waals surface area contributed by atoms with Gasteiger partial charge in [-0.3, -0.25) is 4.99 Å². The molecule has 1 saturated carbocycles. The monoisotopic (exact) mass is 153 g/mol. The number of aliphatic imine (C=N–C) groups is 1. The Kier molecular flexibility index (Phi) is 1.08. The van der Waals surface area contributed by atoms with Crippen LogP contribution in [0.4, 0.5) is 0 Å². The zero-order chi connectivity index (χ0) is 7.35. The Balaban J connectivity index is 2.29. The van der Waals surface area contributed by atoms with Crippen LogP contribution in [-0.2, 0) is 0 Å². The summed E-state index contributed by atoms with van der Waals surface area (Å²) in [4.78, 5) is 5.39. The number of rotatable bonds is 0. The average Bonchev–Trinajstić information content (AvgIpc) is 2.36. The Morgan fingerprint density at radius 2 is 2.30 bits per heavy atom. The van der Waals surface area contributed by atoms with Gasteiger partial charge in [0.05, 0.1) is 6.04 Å². The van der Waals surface area contributed by atoms with E-state index in [4.69, 9.17) is 0 Å². The first kappa shape index (κ1) is 6.47. The van der Waals surface area contributed by atoms with Gasteiger partial charge in [0.15, 0.2) is 0 Å². The molecular formula is C8H11NS. The highest BCUT2D eigenvalue weighted by molar-refractivity contribution is 7.85. The summed E-state index contributed by atoms with van der Waals surface area (Å²) in [6.07, 6.45) is 4.07. The van der Waals surface area contributed by atoms with Crippen molar-refractivity contribution in [1.29, 1.82) is 0 Å². The number of nitrogens with zero attached hydrogens (tertiary/aromatic N) is 1. The molecule has 2 unspecified atom stereocenters. The number of hydrogen-bond donors (Lipinski definition) is 1. The topological polar surface area (TPSA) is 12.4 Å². The molecule has 10 heavy (non-hydrogen) atoms. The number of allylic oxidation sites excluding steroid dienone is 1. The molecule has 2 heteroatoms. The fraction of sp³-hybridized carbons (Fsp3) is 0.625. The van der Waals surface area contributed by atoms with E-state index in [1.165, 1.54) is 0 Å². The van der Waals surface area contributed by atoms with Crippen LogP contribution in [-0.4, -0.2) is 12.3 Å². The molecule has 0 radical (unpaired) electrons. The number of thiol groups is 1. The van der Waals surface area contributed by atoms with Gasteiger partial charge in [0.2, 0.25) is 0 Å². The van der Waals surface area contributed by atoms with Crippen LogP contribution in [0.5, 0.6) is 0 Å². The zero-order valence-corrected chi connectivity index (χ0v) is 7.10. The Bertz CT molecular complexity index is 227. The largest absolute Gasteiger partial charge is 0.287 e. The van der Waals surface area contributed by atoms with Crippen molar-refractivity contribution in [2.75, 3.05) is 0 Å². The third-order valence-electron chi connectivity index (χ3n) is 2.57. The zero-order valence-electron chi connectivity index (χ0n) is 6.20. The summed E-state index contributed by atoms with van der Waals surface area (Å²) in [5.74, 6) is 0.657. The molecule has 0 N–H and O–H groups in total. The van der Waals surface area contributed by atoms with Crippen molar-refractivity contribution < 1.29 is 0 Å². The van der Waals surface area contributed by atoms with E-state index in [1.807, 2.05) is 6.21 Å². The summed E-state index contributed by atoms with van der Waals surface area (Å²) < 4.78 is 0. The van der Waals surface area contributed by atoms with Crippen molar-refractivity contribution >= 4 is 18.8 Å². The first-order valence-corrected chi connectivity index (χ1v) is 4.01. The predicted octanol–water partition coefficient (Wildman–Crippen LogP) is 1.91. The quantitative estimate of drug-likeness (QED) is 0.510. The molecule has 2 rings (SSSR count). The van der Waals surface area contributed by atoms with Gasteiger partial charge < -0.3 is 0 Å². The number of fused-ring (bicyclic) bond motifs is 1. The molecule has 0 saturated heterocycles. The molecule has 54 valence electrons. The molecule has 1 aliphatic carbocycles. The highest BCUT2D eigenvalue weighted by Gasteiger charge is 2.57. The van der Waals surface area contributed by atoms with Crippen molar-refractivity contribution in [3.05, 3.63) is 11.0 Å². The van der Waals surface area contributed by atoms with Gasteiger partial charge in [0.1, 0.15) is 0 Å². The molecule has 0 aromatic rings. The van der Waals surface area contributed by atoms with Crippen molar-refractivity contribution in [2.24, 2.45) is 16.3 Å². The number of dihydropyridines is 1. The van der Waals surface area contributed by atoms with Gasteiger partial charge >= 0.3 is 0 Å². The minimum absolute atomic E-state index is 0.404. The lowest BCUT2D eigenvalue weighted by atomic mass is 10.1. The third-order valence-corrected chi connectivity index (χ3v) is 2.83. The summed E-state index contributed by atoms with van der Waals surface area (Å²) in [5.41, 5.74) is 0.404. The van der Waals surface area contributed by atoms with Gasteiger partial charge in [0, 0.05) is 17.0 Å². The lowest BCUT2D eigenvalue weighted by Gasteiger charge is -1.95. The molecule has 0 amide bonds. The van der Waals surface area contributed by atoms with Crippen LogP contribution < -0.4 is 0 Å². The van der Waals surface area contributed by atoms with E-state index in [-0.39, 0.29) is 0 Å². The predicted molar refractivity (Wildman–Crippen MR) is 46.6 cm³/mol. The van der Waals surface area contributed by atoms with Crippen molar-refractivity contribution in [2.45, 2.75) is 19.9 Å². The lowest BCUT2D eigenvalue weighted by Crippen LogP contribution is -1.91. The fourth-order valence-electron chi connectivity index (χ4n) is 1.62. The second-order valence-electron chi connectivity index (χ2n) is 3.66. The smallest absolute Gasteiger partial charge is 0.0626 e. The van der Waals surface area contributed by atoms with E-state index in [9.17, 15) is 0 Å². The van der Waals surface area contributed by atoms with Crippen molar-refractivity contribution in [3.8, 4) is 0 Å². The van der Waals surface area contributed by atoms with Gasteiger partial charge in [0.25, 0.3) is 0 Å². The molecule has 0 spiro atoms. The molecule has 0 aromatic heterocycles. The second-order valence-corrected chi connectivity index (χ2v) is 4.18. The molecule has 2 aliphatic rings. The SMILES string of the molecule is CC1(C)C2C=C(S)C=NC21. The maximum Gasteiger partial charge on any atom is 0.0626 e. The van der Waals surface area contributed by atoms with E-state index in [0.29, 0.717) is 17.4 Å². The average molecular weight is 153 g/mol. The fourth-order valence-corrected chi connectivity index (χ4v) is 1.85. The highest BCUT2D eigenvalue weighted by Crippen LogP contribution is 2.56. The normalized spacial score (nSPS) is 40.5. The summed E-state index contributed by atoms with van der Waals surface area (Å²) >= 11 is 4.24. The standard InChI is InChI=1S/C8H11NS/c1-8(2)6-3-5(10)4-9-7(6)8/h3-4,6-7,10H,1-2H3. The maximum atomic E-state index is 4.37. The van der Waals surface area contributed by atoms with Crippen LogP contribution in [0.25, 0.3) is 0 Å².